The summed E-state index contributed by atoms with van der Waals surface area (Å²) in [6.07, 6.45) is 0. The van der Waals surface area contributed by atoms with Gasteiger partial charge in [0.2, 0.25) is 0 Å². The second-order valence-corrected chi connectivity index (χ2v) is 6.71. The number of hydrogen-bond donors (Lipinski definition) is 1. The first-order chi connectivity index (χ1) is 10.5. The molecule has 3 rings (SSSR count). The normalized spacial score (nSPS) is 10.7. The molecule has 0 saturated heterocycles. The van der Waals surface area contributed by atoms with E-state index in [1.807, 2.05) is 24.4 Å². The average Bonchev–Trinajstić information content (AvgIpc) is 3.10. The smallest absolute Gasteiger partial charge is 0.258 e. The van der Waals surface area contributed by atoms with Gasteiger partial charge in [-0.3, -0.25) is 10.1 Å². The van der Waals surface area contributed by atoms with Gasteiger partial charge < -0.3 is 4.42 Å². The Bertz CT molecular complexity index is 844. The first-order valence-electron chi connectivity index (χ1n) is 6.31. The molecule has 2 aromatic heterocycles. The van der Waals surface area contributed by atoms with Crippen LogP contribution >= 0.6 is 38.9 Å². The van der Waals surface area contributed by atoms with Crippen LogP contribution in [0.5, 0.6) is 0 Å². The van der Waals surface area contributed by atoms with Crippen LogP contribution in [0.25, 0.3) is 11.5 Å². The van der Waals surface area contributed by atoms with Crippen LogP contribution in [-0.4, -0.2) is 10.9 Å². The molecule has 112 valence electrons. The third-order valence-electron chi connectivity index (χ3n) is 2.89. The second-order valence-electron chi connectivity index (χ2n) is 4.53. The molecule has 0 aliphatic heterocycles. The molecule has 0 aliphatic rings. The Balaban J connectivity index is 1.80. The number of hydrogen-bond acceptors (Lipinski definition) is 4. The highest BCUT2D eigenvalue weighted by Gasteiger charge is 2.14. The summed E-state index contributed by atoms with van der Waals surface area (Å²) in [4.78, 5) is 16.6. The van der Waals surface area contributed by atoms with E-state index in [1.165, 1.54) is 11.3 Å². The summed E-state index contributed by atoms with van der Waals surface area (Å²) in [7, 11) is 0. The van der Waals surface area contributed by atoms with E-state index < -0.39 is 0 Å². The fourth-order valence-electron chi connectivity index (χ4n) is 1.85. The minimum atomic E-state index is -0.303. The number of anilines is 1. The van der Waals surface area contributed by atoms with Crippen molar-refractivity contribution in [2.75, 3.05) is 5.32 Å². The van der Waals surface area contributed by atoms with Gasteiger partial charge in [-0.15, -0.1) is 11.3 Å². The van der Waals surface area contributed by atoms with E-state index in [4.69, 9.17) is 16.0 Å². The van der Waals surface area contributed by atoms with Crippen molar-refractivity contribution in [3.63, 3.8) is 0 Å². The highest BCUT2D eigenvalue weighted by Crippen LogP contribution is 2.27. The number of benzene rings is 1. The fourth-order valence-corrected chi connectivity index (χ4v) is 3.11. The molecule has 0 unspecified atom stereocenters. The van der Waals surface area contributed by atoms with Crippen molar-refractivity contribution in [2.24, 2.45) is 0 Å². The molecule has 0 atom stereocenters. The number of nitrogens with one attached hydrogen (secondary N) is 1. The molecule has 2 heterocycles. The van der Waals surface area contributed by atoms with Gasteiger partial charge in [0.15, 0.2) is 10.9 Å². The SMILES string of the molecule is Cc1ccc(-c2csc(NC(=O)c3cc(Br)ccc3Cl)n2)o1. The zero-order valence-corrected chi connectivity index (χ0v) is 14.6. The van der Waals surface area contributed by atoms with E-state index in [9.17, 15) is 4.79 Å². The molecule has 0 bridgehead atoms. The standard InChI is InChI=1S/C15H10BrClN2O2S/c1-8-2-5-13(21-8)12-7-22-15(18-12)19-14(20)10-6-9(16)3-4-11(10)17/h2-7H,1H3,(H,18,19,20). The zero-order valence-electron chi connectivity index (χ0n) is 11.4. The van der Waals surface area contributed by atoms with Crippen molar-refractivity contribution in [3.8, 4) is 11.5 Å². The van der Waals surface area contributed by atoms with Crippen LogP contribution in [0.1, 0.15) is 16.1 Å². The van der Waals surface area contributed by atoms with E-state index in [2.05, 4.69) is 26.2 Å². The van der Waals surface area contributed by atoms with Gasteiger partial charge in [-0.2, -0.15) is 0 Å². The molecular weight excluding hydrogens is 388 g/mol. The summed E-state index contributed by atoms with van der Waals surface area (Å²) in [5, 5.41) is 5.45. The lowest BCUT2D eigenvalue weighted by atomic mass is 10.2. The second kappa shape index (κ2) is 6.24. The summed E-state index contributed by atoms with van der Waals surface area (Å²) in [6, 6.07) is 8.83. The topological polar surface area (TPSA) is 55.1 Å². The predicted octanol–water partition coefficient (Wildman–Crippen LogP) is 5.38. The van der Waals surface area contributed by atoms with E-state index in [0.29, 0.717) is 27.2 Å². The lowest BCUT2D eigenvalue weighted by Gasteiger charge is -2.04. The molecule has 1 aromatic carbocycles. The number of thiazole rings is 1. The Hall–Kier alpha value is -1.63. The third-order valence-corrected chi connectivity index (χ3v) is 4.47. The Morgan fingerprint density at radius 2 is 2.18 bits per heavy atom. The summed E-state index contributed by atoms with van der Waals surface area (Å²) >= 11 is 10.7. The lowest BCUT2D eigenvalue weighted by molar-refractivity contribution is 0.102. The number of furan rings is 1. The van der Waals surface area contributed by atoms with Crippen LogP contribution in [0.4, 0.5) is 5.13 Å². The minimum absolute atomic E-state index is 0.303. The van der Waals surface area contributed by atoms with Crippen LogP contribution in [0.15, 0.2) is 44.6 Å². The molecule has 1 amide bonds. The molecule has 3 aromatic rings. The maximum absolute atomic E-state index is 12.3. The monoisotopic (exact) mass is 396 g/mol. The Morgan fingerprint density at radius 1 is 1.36 bits per heavy atom. The van der Waals surface area contributed by atoms with Crippen molar-refractivity contribution in [1.82, 2.24) is 4.98 Å². The Kier molecular flexibility index (Phi) is 4.33. The maximum atomic E-state index is 12.3. The predicted molar refractivity (Wildman–Crippen MR) is 91.7 cm³/mol. The number of amides is 1. The number of aromatic nitrogens is 1. The van der Waals surface area contributed by atoms with Gasteiger partial charge in [0.1, 0.15) is 11.5 Å². The van der Waals surface area contributed by atoms with Gasteiger partial charge in [-0.05, 0) is 37.3 Å². The van der Waals surface area contributed by atoms with Crippen LogP contribution in [-0.2, 0) is 0 Å². The Morgan fingerprint density at radius 3 is 2.91 bits per heavy atom. The minimum Gasteiger partial charge on any atom is -0.460 e. The summed E-state index contributed by atoms with van der Waals surface area (Å²) in [5.41, 5.74) is 1.08. The number of carbonyl (C=O) groups excluding carboxylic acids is 1. The molecule has 0 radical (unpaired) electrons. The van der Waals surface area contributed by atoms with Gasteiger partial charge in [0.25, 0.3) is 5.91 Å². The number of nitrogens with zero attached hydrogens (tertiary/aromatic N) is 1. The molecule has 4 nitrogen and oxygen atoms in total. The Labute approximate surface area is 144 Å². The number of halogens is 2. The third kappa shape index (κ3) is 3.24. The van der Waals surface area contributed by atoms with Crippen molar-refractivity contribution < 1.29 is 9.21 Å². The quantitative estimate of drug-likeness (QED) is 0.645. The number of rotatable bonds is 3. The van der Waals surface area contributed by atoms with Crippen LogP contribution in [0, 0.1) is 6.92 Å². The van der Waals surface area contributed by atoms with Crippen LogP contribution in [0.3, 0.4) is 0 Å². The number of aryl methyl sites for hydroxylation is 1. The van der Waals surface area contributed by atoms with Crippen molar-refractivity contribution >= 4 is 49.9 Å². The molecule has 0 saturated carbocycles. The number of carbonyl (C=O) groups is 1. The van der Waals surface area contributed by atoms with E-state index in [1.54, 1.807) is 18.2 Å². The molecule has 0 spiro atoms. The first kappa shape index (κ1) is 15.3. The van der Waals surface area contributed by atoms with Gasteiger partial charge in [-0.1, -0.05) is 27.5 Å². The molecule has 22 heavy (non-hydrogen) atoms. The molecule has 0 aliphatic carbocycles. The van der Waals surface area contributed by atoms with E-state index >= 15 is 0 Å². The van der Waals surface area contributed by atoms with Crippen LogP contribution in [0.2, 0.25) is 5.02 Å². The van der Waals surface area contributed by atoms with Gasteiger partial charge >= 0.3 is 0 Å². The molecular formula is C15H10BrClN2O2S. The molecule has 0 fully saturated rings. The van der Waals surface area contributed by atoms with Gasteiger partial charge in [0, 0.05) is 9.85 Å². The largest absolute Gasteiger partial charge is 0.460 e. The lowest BCUT2D eigenvalue weighted by Crippen LogP contribution is -2.12. The van der Waals surface area contributed by atoms with Gasteiger partial charge in [-0.25, -0.2) is 4.98 Å². The van der Waals surface area contributed by atoms with Crippen LogP contribution < -0.4 is 5.32 Å². The molecule has 1 N–H and O–H groups in total. The zero-order chi connectivity index (χ0) is 15.7. The van der Waals surface area contributed by atoms with Gasteiger partial charge in [0.05, 0.1) is 10.6 Å². The van der Waals surface area contributed by atoms with Crippen molar-refractivity contribution in [2.45, 2.75) is 6.92 Å². The van der Waals surface area contributed by atoms with Crippen molar-refractivity contribution in [1.29, 1.82) is 0 Å². The van der Waals surface area contributed by atoms with Crippen molar-refractivity contribution in [3.05, 3.63) is 56.5 Å². The highest BCUT2D eigenvalue weighted by atomic mass is 79.9. The average molecular weight is 398 g/mol. The first-order valence-corrected chi connectivity index (χ1v) is 8.37. The van der Waals surface area contributed by atoms with E-state index in [0.717, 1.165) is 10.2 Å². The highest BCUT2D eigenvalue weighted by molar-refractivity contribution is 9.10. The summed E-state index contributed by atoms with van der Waals surface area (Å²) in [5.74, 6) is 1.19. The maximum Gasteiger partial charge on any atom is 0.258 e. The molecule has 7 heteroatoms. The van der Waals surface area contributed by atoms with E-state index in [-0.39, 0.29) is 5.91 Å². The summed E-state index contributed by atoms with van der Waals surface area (Å²) in [6.45, 7) is 1.87. The fraction of sp³-hybridized carbons (Fsp3) is 0.0667. The summed E-state index contributed by atoms with van der Waals surface area (Å²) < 4.78 is 6.30.